The Hall–Kier alpha value is -1.21. The van der Waals surface area contributed by atoms with E-state index in [0.717, 1.165) is 32.7 Å². The molecule has 1 rings (SSSR count). The van der Waals surface area contributed by atoms with Gasteiger partial charge in [0.05, 0.1) is 6.54 Å². The van der Waals surface area contributed by atoms with Gasteiger partial charge in [-0.25, -0.2) is 0 Å². The van der Waals surface area contributed by atoms with Crippen molar-refractivity contribution in [2.45, 2.75) is 0 Å². The highest BCUT2D eigenvalue weighted by Gasteiger charge is 2.17. The van der Waals surface area contributed by atoms with E-state index in [9.17, 15) is 14.9 Å². The van der Waals surface area contributed by atoms with Crippen LogP contribution in [0.25, 0.3) is 0 Å². The molecule has 0 radical (unpaired) electrons. The molecule has 1 aliphatic rings. The number of piperazine rings is 1. The van der Waals surface area contributed by atoms with Crippen LogP contribution in [0.3, 0.4) is 0 Å². The zero-order valence-electron chi connectivity index (χ0n) is 9.21. The largest absolute Gasteiger partial charge is 0.467 e. The summed E-state index contributed by atoms with van der Waals surface area (Å²) in [5.74, 6) is 0. The predicted octanol–water partition coefficient (Wildman–Crippen LogP) is -0.946. The van der Waals surface area contributed by atoms with Crippen LogP contribution in [0, 0.1) is 10.1 Å². The van der Waals surface area contributed by atoms with Gasteiger partial charge in [0, 0.05) is 37.6 Å². The topological polar surface area (TPSA) is 75.9 Å². The fourth-order valence-corrected chi connectivity index (χ4v) is 1.69. The molecule has 0 amide bonds. The van der Waals surface area contributed by atoms with Gasteiger partial charge >= 0.3 is 0 Å². The van der Waals surface area contributed by atoms with Crippen molar-refractivity contribution in [2.75, 3.05) is 52.4 Å². The molecule has 1 aliphatic heterocycles. The molecule has 0 N–H and O–H groups in total. The fourth-order valence-electron chi connectivity index (χ4n) is 1.69. The maximum Gasteiger partial charge on any atom is 0.293 e. The summed E-state index contributed by atoms with van der Waals surface area (Å²) in [4.78, 5) is 24.1. The summed E-state index contributed by atoms with van der Waals surface area (Å²) in [6, 6.07) is 0. The highest BCUT2D eigenvalue weighted by atomic mass is 16.6. The number of rotatable bonds is 7. The first-order chi connectivity index (χ1) is 7.72. The SMILES string of the molecule is O=COCCN1CCN(CC[N+](=O)[O-])CC1. The van der Waals surface area contributed by atoms with Crippen LogP contribution in [-0.2, 0) is 9.53 Å². The summed E-state index contributed by atoms with van der Waals surface area (Å²) in [5, 5.41) is 10.2. The highest BCUT2D eigenvalue weighted by Crippen LogP contribution is 2.00. The molecule has 1 saturated heterocycles. The smallest absolute Gasteiger partial charge is 0.293 e. The van der Waals surface area contributed by atoms with Gasteiger partial charge in [-0.15, -0.1) is 0 Å². The standard InChI is InChI=1S/C9H17N3O4/c13-9-16-8-7-11-3-1-10(2-4-11)5-6-12(14)15/h9H,1-8H2. The molecule has 0 aromatic carbocycles. The van der Waals surface area contributed by atoms with Crippen LogP contribution in [0.5, 0.6) is 0 Å². The van der Waals surface area contributed by atoms with Gasteiger partial charge in [0.15, 0.2) is 0 Å². The normalized spacial score (nSPS) is 18.2. The van der Waals surface area contributed by atoms with Crippen molar-refractivity contribution in [3.05, 3.63) is 10.1 Å². The third kappa shape index (κ3) is 5.04. The van der Waals surface area contributed by atoms with Crippen molar-refractivity contribution in [1.29, 1.82) is 0 Å². The van der Waals surface area contributed by atoms with Crippen molar-refractivity contribution < 1.29 is 14.5 Å². The summed E-state index contributed by atoms with van der Waals surface area (Å²) in [6.07, 6.45) is 0. The first-order valence-corrected chi connectivity index (χ1v) is 5.34. The zero-order chi connectivity index (χ0) is 11.8. The van der Waals surface area contributed by atoms with Gasteiger partial charge < -0.3 is 4.74 Å². The third-order valence-corrected chi connectivity index (χ3v) is 2.66. The van der Waals surface area contributed by atoms with E-state index in [0.29, 0.717) is 19.6 Å². The number of hydrogen-bond donors (Lipinski definition) is 0. The summed E-state index contributed by atoms with van der Waals surface area (Å²) in [7, 11) is 0. The molecule has 0 spiro atoms. The van der Waals surface area contributed by atoms with E-state index in [1.165, 1.54) is 0 Å². The minimum Gasteiger partial charge on any atom is -0.467 e. The van der Waals surface area contributed by atoms with E-state index < -0.39 is 0 Å². The molecule has 1 fully saturated rings. The molecular formula is C9H17N3O4. The second kappa shape index (κ2) is 7.13. The minimum absolute atomic E-state index is 0.00819. The molecule has 1 heterocycles. The van der Waals surface area contributed by atoms with E-state index in [1.807, 2.05) is 0 Å². The van der Waals surface area contributed by atoms with Crippen LogP contribution in [0.4, 0.5) is 0 Å². The second-order valence-electron chi connectivity index (χ2n) is 3.71. The van der Waals surface area contributed by atoms with Crippen molar-refractivity contribution in [3.8, 4) is 0 Å². The van der Waals surface area contributed by atoms with E-state index in [1.54, 1.807) is 0 Å². The van der Waals surface area contributed by atoms with Crippen molar-refractivity contribution in [3.63, 3.8) is 0 Å². The molecule has 92 valence electrons. The summed E-state index contributed by atoms with van der Waals surface area (Å²) in [5.41, 5.74) is 0. The molecule has 0 aliphatic carbocycles. The fraction of sp³-hybridized carbons (Fsp3) is 0.889. The average Bonchev–Trinajstić information content (AvgIpc) is 2.28. The maximum absolute atomic E-state index is 10.2. The molecule has 7 nitrogen and oxygen atoms in total. The molecule has 0 atom stereocenters. The molecule has 0 aromatic heterocycles. The summed E-state index contributed by atoms with van der Waals surface area (Å²) >= 11 is 0. The monoisotopic (exact) mass is 231 g/mol. The molecule has 0 saturated carbocycles. The van der Waals surface area contributed by atoms with E-state index >= 15 is 0 Å². The van der Waals surface area contributed by atoms with Gasteiger partial charge in [0.1, 0.15) is 6.61 Å². The minimum atomic E-state index is -0.287. The number of nitro groups is 1. The van der Waals surface area contributed by atoms with Gasteiger partial charge in [0.2, 0.25) is 6.54 Å². The van der Waals surface area contributed by atoms with Gasteiger partial charge in [-0.05, 0) is 0 Å². The van der Waals surface area contributed by atoms with Gasteiger partial charge in [-0.1, -0.05) is 0 Å². The van der Waals surface area contributed by atoms with Crippen LogP contribution < -0.4 is 0 Å². The molecule has 0 unspecified atom stereocenters. The van der Waals surface area contributed by atoms with Gasteiger partial charge in [-0.3, -0.25) is 24.7 Å². The Morgan fingerprint density at radius 1 is 1.19 bits per heavy atom. The van der Waals surface area contributed by atoms with Gasteiger partial charge in [-0.2, -0.15) is 0 Å². The Morgan fingerprint density at radius 2 is 1.75 bits per heavy atom. The first-order valence-electron chi connectivity index (χ1n) is 5.34. The predicted molar refractivity (Wildman–Crippen MR) is 56.8 cm³/mol. The molecule has 7 heteroatoms. The van der Waals surface area contributed by atoms with Gasteiger partial charge in [0.25, 0.3) is 6.47 Å². The average molecular weight is 231 g/mol. The van der Waals surface area contributed by atoms with Crippen molar-refractivity contribution in [2.24, 2.45) is 0 Å². The van der Waals surface area contributed by atoms with Crippen LogP contribution in [-0.4, -0.2) is 73.6 Å². The van der Waals surface area contributed by atoms with Crippen LogP contribution in [0.15, 0.2) is 0 Å². The summed E-state index contributed by atoms with van der Waals surface area (Å²) in [6.45, 7) is 5.57. The Kier molecular flexibility index (Phi) is 5.73. The van der Waals surface area contributed by atoms with Crippen molar-refractivity contribution in [1.82, 2.24) is 9.80 Å². The third-order valence-electron chi connectivity index (χ3n) is 2.66. The number of carbonyl (C=O) groups is 1. The number of nitrogens with zero attached hydrogens (tertiary/aromatic N) is 3. The maximum atomic E-state index is 10.2. The highest BCUT2D eigenvalue weighted by molar-refractivity contribution is 5.36. The lowest BCUT2D eigenvalue weighted by Gasteiger charge is -2.33. The van der Waals surface area contributed by atoms with Crippen LogP contribution >= 0.6 is 0 Å². The lowest BCUT2D eigenvalue weighted by Crippen LogP contribution is -2.48. The van der Waals surface area contributed by atoms with Crippen LogP contribution in [0.2, 0.25) is 0 Å². The van der Waals surface area contributed by atoms with Crippen LogP contribution in [0.1, 0.15) is 0 Å². The lowest BCUT2D eigenvalue weighted by atomic mass is 10.3. The zero-order valence-corrected chi connectivity index (χ0v) is 9.21. The molecular weight excluding hydrogens is 214 g/mol. The van der Waals surface area contributed by atoms with E-state index in [-0.39, 0.29) is 11.5 Å². The quantitative estimate of drug-likeness (QED) is 0.243. The second-order valence-corrected chi connectivity index (χ2v) is 3.71. The Labute approximate surface area is 94.1 Å². The Morgan fingerprint density at radius 3 is 2.25 bits per heavy atom. The first kappa shape index (κ1) is 12.9. The Bertz CT molecular complexity index is 229. The van der Waals surface area contributed by atoms with E-state index in [4.69, 9.17) is 0 Å². The number of hydrogen-bond acceptors (Lipinski definition) is 6. The summed E-state index contributed by atoms with van der Waals surface area (Å²) < 4.78 is 4.62. The van der Waals surface area contributed by atoms with E-state index in [2.05, 4.69) is 14.5 Å². The molecule has 16 heavy (non-hydrogen) atoms. The Balaban J connectivity index is 2.08. The molecule has 0 aromatic rings. The van der Waals surface area contributed by atoms with Crippen molar-refractivity contribution >= 4 is 6.47 Å². The number of carbonyl (C=O) groups excluding carboxylic acids is 1. The number of ether oxygens (including phenoxy) is 1. The lowest BCUT2D eigenvalue weighted by molar-refractivity contribution is -0.480. The molecule has 0 bridgehead atoms.